The van der Waals surface area contributed by atoms with Crippen molar-refractivity contribution in [3.8, 4) is 0 Å². The minimum atomic E-state index is -0.0905. The van der Waals surface area contributed by atoms with Crippen LogP contribution < -0.4 is 0 Å². The third-order valence-electron chi connectivity index (χ3n) is 2.76. The van der Waals surface area contributed by atoms with Crippen molar-refractivity contribution in [2.75, 3.05) is 6.26 Å². The normalized spacial score (nSPS) is 11.0. The highest BCUT2D eigenvalue weighted by molar-refractivity contribution is 7.98. The molecule has 0 bridgehead atoms. The van der Waals surface area contributed by atoms with E-state index in [1.165, 1.54) is 11.8 Å². The summed E-state index contributed by atoms with van der Waals surface area (Å²) < 4.78 is 1.71. The average Bonchev–Trinajstić information content (AvgIpc) is 2.70. The Morgan fingerprint density at radius 2 is 2.24 bits per heavy atom. The van der Waals surface area contributed by atoms with E-state index in [1.54, 1.807) is 4.52 Å². The molecular formula is C11H14N3O2S+. The standard InChI is InChI=1S/C11H14N3O2S/c1-4-8-6-5-7(2)13-9(8)10(14(15)16)11(12-13)17-3/h5-6H,4H2,1-3H3,(H,15,16)/q+1. The molecule has 2 rings (SSSR count). The second-order valence-electron chi connectivity index (χ2n) is 3.74. The van der Waals surface area contributed by atoms with Crippen molar-refractivity contribution >= 4 is 23.0 Å². The largest absolute Gasteiger partial charge is 0.375 e. The van der Waals surface area contributed by atoms with Crippen molar-refractivity contribution in [1.82, 2.24) is 9.61 Å². The lowest BCUT2D eigenvalue weighted by Crippen LogP contribution is -1.98. The van der Waals surface area contributed by atoms with Crippen LogP contribution in [0.1, 0.15) is 18.2 Å². The van der Waals surface area contributed by atoms with Crippen LogP contribution in [-0.4, -0.2) is 26.0 Å². The summed E-state index contributed by atoms with van der Waals surface area (Å²) >= 11 is 1.34. The van der Waals surface area contributed by atoms with Gasteiger partial charge in [-0.25, -0.2) is 9.72 Å². The molecule has 2 aromatic rings. The van der Waals surface area contributed by atoms with Crippen LogP contribution in [0.3, 0.4) is 0 Å². The van der Waals surface area contributed by atoms with Gasteiger partial charge in [0, 0.05) is 5.69 Å². The molecule has 0 atom stereocenters. The van der Waals surface area contributed by atoms with Crippen molar-refractivity contribution in [1.29, 1.82) is 0 Å². The van der Waals surface area contributed by atoms with Gasteiger partial charge < -0.3 is 0 Å². The van der Waals surface area contributed by atoms with Gasteiger partial charge in [0.05, 0.1) is 4.91 Å². The molecule has 0 amide bonds. The Morgan fingerprint density at radius 3 is 2.76 bits per heavy atom. The first-order valence-corrected chi connectivity index (χ1v) is 6.54. The van der Waals surface area contributed by atoms with Gasteiger partial charge >= 0.3 is 5.69 Å². The summed E-state index contributed by atoms with van der Waals surface area (Å²) in [5.41, 5.74) is 2.85. The summed E-state index contributed by atoms with van der Waals surface area (Å²) in [5.74, 6) is 0. The van der Waals surface area contributed by atoms with Crippen LogP contribution >= 0.6 is 11.8 Å². The van der Waals surface area contributed by atoms with Gasteiger partial charge in [-0.1, -0.05) is 13.0 Å². The molecule has 2 aromatic heterocycles. The molecule has 17 heavy (non-hydrogen) atoms. The van der Waals surface area contributed by atoms with Gasteiger partial charge in [0.1, 0.15) is 0 Å². The average molecular weight is 252 g/mol. The second-order valence-corrected chi connectivity index (χ2v) is 4.54. The lowest BCUT2D eigenvalue weighted by Gasteiger charge is -2.02. The number of aromatic nitrogens is 2. The van der Waals surface area contributed by atoms with Crippen LogP contribution in [0.25, 0.3) is 5.52 Å². The zero-order valence-electron chi connectivity index (χ0n) is 9.97. The van der Waals surface area contributed by atoms with E-state index in [2.05, 4.69) is 5.10 Å². The number of hydrogen-bond acceptors (Lipinski definition) is 3. The molecule has 0 fully saturated rings. The summed E-state index contributed by atoms with van der Waals surface area (Å²) in [5, 5.41) is 14.1. The lowest BCUT2D eigenvalue weighted by atomic mass is 10.1. The first kappa shape index (κ1) is 11.9. The van der Waals surface area contributed by atoms with Gasteiger partial charge in [0.15, 0.2) is 5.52 Å². The van der Waals surface area contributed by atoms with E-state index in [0.717, 1.165) is 17.7 Å². The molecule has 0 saturated carbocycles. The molecule has 0 aromatic carbocycles. The second kappa shape index (κ2) is 4.37. The number of fused-ring (bicyclic) bond motifs is 1. The van der Waals surface area contributed by atoms with Crippen molar-refractivity contribution in [3.05, 3.63) is 28.3 Å². The maximum Gasteiger partial charge on any atom is 0.375 e. The molecule has 0 saturated heterocycles. The van der Waals surface area contributed by atoms with Crippen molar-refractivity contribution in [2.45, 2.75) is 25.3 Å². The Kier molecular flexibility index (Phi) is 3.06. The Bertz CT molecular complexity index is 592. The molecule has 2 heterocycles. The van der Waals surface area contributed by atoms with Gasteiger partial charge in [-0.3, -0.25) is 0 Å². The predicted molar refractivity (Wildman–Crippen MR) is 66.2 cm³/mol. The van der Waals surface area contributed by atoms with E-state index in [1.807, 2.05) is 32.2 Å². The Hall–Kier alpha value is -1.56. The van der Waals surface area contributed by atoms with E-state index >= 15 is 0 Å². The van der Waals surface area contributed by atoms with Crippen molar-refractivity contribution < 1.29 is 10.1 Å². The summed E-state index contributed by atoms with van der Waals surface area (Å²) in [6, 6.07) is 3.92. The fraction of sp³-hybridized carbons (Fsp3) is 0.364. The zero-order valence-corrected chi connectivity index (χ0v) is 10.8. The Balaban J connectivity index is 2.92. The highest BCUT2D eigenvalue weighted by atomic mass is 32.2. The number of aryl methyl sites for hydroxylation is 2. The van der Waals surface area contributed by atoms with Crippen LogP contribution in [0.5, 0.6) is 0 Å². The molecule has 6 heteroatoms. The van der Waals surface area contributed by atoms with E-state index in [0.29, 0.717) is 10.5 Å². The van der Waals surface area contributed by atoms with E-state index in [4.69, 9.17) is 0 Å². The van der Waals surface area contributed by atoms with Crippen molar-refractivity contribution in [3.63, 3.8) is 0 Å². The molecule has 0 aliphatic rings. The summed E-state index contributed by atoms with van der Waals surface area (Å²) in [6.45, 7) is 3.92. The highest BCUT2D eigenvalue weighted by Crippen LogP contribution is 2.33. The van der Waals surface area contributed by atoms with E-state index in [-0.39, 0.29) is 10.6 Å². The minimum Gasteiger partial charge on any atom is -0.241 e. The molecule has 90 valence electrons. The molecular weight excluding hydrogens is 238 g/mol. The van der Waals surface area contributed by atoms with Crippen LogP contribution in [0, 0.1) is 11.8 Å². The molecule has 1 N–H and O–H groups in total. The van der Waals surface area contributed by atoms with E-state index in [9.17, 15) is 10.1 Å². The monoisotopic (exact) mass is 252 g/mol. The quantitative estimate of drug-likeness (QED) is 0.674. The Labute approximate surface area is 103 Å². The van der Waals surface area contributed by atoms with Gasteiger partial charge in [-0.15, -0.1) is 11.8 Å². The summed E-state index contributed by atoms with van der Waals surface area (Å²) in [6.07, 6.45) is 2.61. The fourth-order valence-corrected chi connectivity index (χ4v) is 2.43. The maximum atomic E-state index is 11.3. The third-order valence-corrected chi connectivity index (χ3v) is 3.42. The number of nitrogens with zero attached hydrogens (tertiary/aromatic N) is 3. The number of hydrogen-bond donors (Lipinski definition) is 1. The Morgan fingerprint density at radius 1 is 1.53 bits per heavy atom. The summed E-state index contributed by atoms with van der Waals surface area (Å²) in [7, 11) is 0. The first-order chi connectivity index (χ1) is 8.10. The highest BCUT2D eigenvalue weighted by Gasteiger charge is 2.29. The molecule has 0 aliphatic carbocycles. The minimum absolute atomic E-state index is 0.0905. The van der Waals surface area contributed by atoms with Crippen molar-refractivity contribution in [2.24, 2.45) is 0 Å². The number of rotatable bonds is 3. The van der Waals surface area contributed by atoms with Gasteiger partial charge in [0.25, 0.3) is 4.92 Å². The number of pyridine rings is 1. The van der Waals surface area contributed by atoms with Crippen LogP contribution in [0.15, 0.2) is 17.2 Å². The molecule has 0 radical (unpaired) electrons. The lowest BCUT2D eigenvalue weighted by molar-refractivity contribution is -0.730. The molecule has 5 nitrogen and oxygen atoms in total. The van der Waals surface area contributed by atoms with Gasteiger partial charge in [-0.05, 0) is 31.2 Å². The smallest absolute Gasteiger partial charge is 0.241 e. The van der Waals surface area contributed by atoms with Gasteiger partial charge in [0.2, 0.25) is 5.03 Å². The molecule has 0 unspecified atom stereocenters. The van der Waals surface area contributed by atoms with Crippen LogP contribution in [-0.2, 0) is 6.42 Å². The summed E-state index contributed by atoms with van der Waals surface area (Å²) in [4.78, 5) is 11.2. The molecule has 0 aliphatic heterocycles. The van der Waals surface area contributed by atoms with Crippen LogP contribution in [0.4, 0.5) is 5.69 Å². The van der Waals surface area contributed by atoms with Gasteiger partial charge in [-0.2, -0.15) is 5.10 Å². The topological polar surface area (TPSA) is 57.6 Å². The fourth-order valence-electron chi connectivity index (χ4n) is 1.90. The van der Waals surface area contributed by atoms with Crippen LogP contribution in [0.2, 0.25) is 0 Å². The SMILES string of the molecule is CCc1ccc(C)n2nc(SC)c([N+](=O)O)c12. The predicted octanol–water partition coefficient (Wildman–Crippen LogP) is 2.73. The molecule has 0 spiro atoms. The third kappa shape index (κ3) is 1.78. The van der Waals surface area contributed by atoms with E-state index < -0.39 is 0 Å². The zero-order chi connectivity index (χ0) is 12.6. The first-order valence-electron chi connectivity index (χ1n) is 5.31. The maximum absolute atomic E-state index is 11.3. The number of thioether (sulfide) groups is 1.